The largest absolute Gasteiger partial charge is 0.496 e. The first-order valence-electron chi connectivity index (χ1n) is 8.66. The van der Waals surface area contributed by atoms with E-state index in [-0.39, 0.29) is 11.8 Å². The molecule has 9 heteroatoms. The van der Waals surface area contributed by atoms with Gasteiger partial charge in [-0.1, -0.05) is 42.2 Å². The molecule has 1 aromatic heterocycles. The Morgan fingerprint density at radius 1 is 1.46 bits per heavy atom. The van der Waals surface area contributed by atoms with Gasteiger partial charge in [-0.15, -0.1) is 0 Å². The average Bonchev–Trinajstić information content (AvgIpc) is 3.30. The summed E-state index contributed by atoms with van der Waals surface area (Å²) in [4.78, 5) is 34.1. The normalized spacial score (nSPS) is 16.5. The van der Waals surface area contributed by atoms with Crippen LogP contribution in [0.25, 0.3) is 6.08 Å². The van der Waals surface area contributed by atoms with Crippen molar-refractivity contribution in [1.29, 1.82) is 0 Å². The second-order valence-electron chi connectivity index (χ2n) is 6.09. The number of hydrogen-bond acceptors (Lipinski definition) is 6. The molecular weight excluding hydrogens is 396 g/mol. The number of thiocarbonyl (C=S) groups is 1. The molecule has 0 bridgehead atoms. The van der Waals surface area contributed by atoms with E-state index in [0.717, 1.165) is 11.3 Å². The molecular formula is C19H20N4O3S2. The number of para-hydroxylation sites is 1. The minimum atomic E-state index is -0.696. The zero-order valence-electron chi connectivity index (χ0n) is 15.5. The number of methoxy groups -OCH3 is 1. The number of thioether (sulfide) groups is 1. The highest BCUT2D eigenvalue weighted by atomic mass is 32.2. The van der Waals surface area contributed by atoms with E-state index in [1.165, 1.54) is 16.7 Å². The number of amides is 2. The molecule has 0 radical (unpaired) electrons. The lowest BCUT2D eigenvalue weighted by atomic mass is 10.1. The molecule has 7 nitrogen and oxygen atoms in total. The SMILES string of the molecule is COc1ccccc1C=C1SC(=S)N(C(C)C(=O)NCCc2cnc[nH]2)C1=O. The van der Waals surface area contributed by atoms with E-state index in [0.29, 0.717) is 27.9 Å². The van der Waals surface area contributed by atoms with Crippen LogP contribution in [-0.2, 0) is 16.0 Å². The molecule has 2 N–H and O–H groups in total. The summed E-state index contributed by atoms with van der Waals surface area (Å²) >= 11 is 6.53. The maximum absolute atomic E-state index is 12.8. The third-order valence-corrected chi connectivity index (χ3v) is 5.59. The topological polar surface area (TPSA) is 87.3 Å². The number of aromatic amines is 1. The molecule has 1 saturated heterocycles. The maximum Gasteiger partial charge on any atom is 0.266 e. The first kappa shape index (κ1) is 20.1. The monoisotopic (exact) mass is 416 g/mol. The Labute approximate surface area is 172 Å². The predicted molar refractivity (Wildman–Crippen MR) is 113 cm³/mol. The molecule has 0 spiro atoms. The second kappa shape index (κ2) is 9.03. The lowest BCUT2D eigenvalue weighted by Gasteiger charge is -2.22. The van der Waals surface area contributed by atoms with Crippen molar-refractivity contribution in [3.05, 3.63) is 53.0 Å². The van der Waals surface area contributed by atoms with E-state index in [4.69, 9.17) is 17.0 Å². The first-order valence-corrected chi connectivity index (χ1v) is 9.88. The van der Waals surface area contributed by atoms with Crippen LogP contribution in [0.1, 0.15) is 18.2 Å². The summed E-state index contributed by atoms with van der Waals surface area (Å²) < 4.78 is 5.69. The number of carbonyl (C=O) groups is 2. The standard InChI is InChI=1S/C19H20N4O3S2/c1-12(17(24)21-8-7-14-10-20-11-22-14)23-18(25)16(28-19(23)27)9-13-5-3-4-6-15(13)26-2/h3-6,9-12H,7-8H2,1-2H3,(H,20,22)(H,21,24). The second-order valence-corrected chi connectivity index (χ2v) is 7.76. The smallest absolute Gasteiger partial charge is 0.266 e. The number of benzene rings is 1. The van der Waals surface area contributed by atoms with Gasteiger partial charge in [0.1, 0.15) is 16.1 Å². The van der Waals surface area contributed by atoms with E-state index in [9.17, 15) is 9.59 Å². The molecule has 2 aromatic rings. The molecule has 3 rings (SSSR count). The van der Waals surface area contributed by atoms with E-state index in [2.05, 4.69) is 15.3 Å². The van der Waals surface area contributed by atoms with Crippen LogP contribution in [0.3, 0.4) is 0 Å². The van der Waals surface area contributed by atoms with Crippen LogP contribution < -0.4 is 10.1 Å². The molecule has 1 aliphatic rings. The van der Waals surface area contributed by atoms with Gasteiger partial charge >= 0.3 is 0 Å². The molecule has 2 heterocycles. The molecule has 0 aliphatic carbocycles. The highest BCUT2D eigenvalue weighted by molar-refractivity contribution is 8.26. The number of H-pyrrole nitrogens is 1. The molecule has 2 amide bonds. The van der Waals surface area contributed by atoms with Crippen LogP contribution in [0.2, 0.25) is 0 Å². The van der Waals surface area contributed by atoms with Crippen molar-refractivity contribution in [3.8, 4) is 5.75 Å². The predicted octanol–water partition coefficient (Wildman–Crippen LogP) is 2.37. The minimum Gasteiger partial charge on any atom is -0.496 e. The number of rotatable bonds is 7. The minimum absolute atomic E-state index is 0.255. The fourth-order valence-electron chi connectivity index (χ4n) is 2.75. The molecule has 1 atom stereocenters. The summed E-state index contributed by atoms with van der Waals surface area (Å²) in [6.07, 6.45) is 5.67. The number of aromatic nitrogens is 2. The third kappa shape index (κ3) is 4.42. The van der Waals surface area contributed by atoms with Gasteiger partial charge in [-0.3, -0.25) is 14.5 Å². The summed E-state index contributed by atoms with van der Waals surface area (Å²) in [5.41, 5.74) is 1.71. The van der Waals surface area contributed by atoms with Gasteiger partial charge in [0.25, 0.3) is 5.91 Å². The van der Waals surface area contributed by atoms with Crippen molar-refractivity contribution in [3.63, 3.8) is 0 Å². The number of nitrogens with zero attached hydrogens (tertiary/aromatic N) is 2. The number of imidazole rings is 1. The fraction of sp³-hybridized carbons (Fsp3) is 0.263. The van der Waals surface area contributed by atoms with E-state index < -0.39 is 6.04 Å². The molecule has 1 unspecified atom stereocenters. The number of nitrogens with one attached hydrogen (secondary N) is 2. The first-order chi connectivity index (χ1) is 13.5. The van der Waals surface area contributed by atoms with Crippen molar-refractivity contribution in [2.75, 3.05) is 13.7 Å². The number of carbonyl (C=O) groups excluding carboxylic acids is 2. The van der Waals surface area contributed by atoms with Crippen molar-refractivity contribution >= 4 is 46.2 Å². The van der Waals surface area contributed by atoms with Crippen LogP contribution in [0, 0.1) is 0 Å². The van der Waals surface area contributed by atoms with Gasteiger partial charge in [-0.25, -0.2) is 4.98 Å². The van der Waals surface area contributed by atoms with Crippen LogP contribution in [0.4, 0.5) is 0 Å². The third-order valence-electron chi connectivity index (χ3n) is 4.26. The Hall–Kier alpha value is -2.65. The molecule has 1 aromatic carbocycles. The van der Waals surface area contributed by atoms with Crippen molar-refractivity contribution < 1.29 is 14.3 Å². The Morgan fingerprint density at radius 3 is 2.96 bits per heavy atom. The number of hydrogen-bond donors (Lipinski definition) is 2. The summed E-state index contributed by atoms with van der Waals surface area (Å²) in [5.74, 6) is 0.129. The van der Waals surface area contributed by atoms with Crippen molar-refractivity contribution in [2.24, 2.45) is 0 Å². The van der Waals surface area contributed by atoms with E-state index in [1.807, 2.05) is 24.3 Å². The van der Waals surface area contributed by atoms with Crippen LogP contribution in [0.15, 0.2) is 41.7 Å². The fourth-order valence-corrected chi connectivity index (χ4v) is 4.16. The van der Waals surface area contributed by atoms with E-state index in [1.54, 1.807) is 32.6 Å². The average molecular weight is 417 g/mol. The summed E-state index contributed by atoms with van der Waals surface area (Å²) in [5, 5.41) is 2.83. The molecule has 28 heavy (non-hydrogen) atoms. The van der Waals surface area contributed by atoms with Crippen LogP contribution in [0.5, 0.6) is 5.75 Å². The molecule has 0 saturated carbocycles. The van der Waals surface area contributed by atoms with E-state index >= 15 is 0 Å². The molecule has 1 aliphatic heterocycles. The summed E-state index contributed by atoms with van der Waals surface area (Å²) in [6.45, 7) is 2.11. The van der Waals surface area contributed by atoms with Crippen molar-refractivity contribution in [1.82, 2.24) is 20.2 Å². The Balaban J connectivity index is 1.66. The summed E-state index contributed by atoms with van der Waals surface area (Å²) in [7, 11) is 1.58. The van der Waals surface area contributed by atoms with Gasteiger partial charge in [-0.05, 0) is 19.1 Å². The Bertz CT molecular complexity index is 912. The quantitative estimate of drug-likeness (QED) is 0.532. The lowest BCUT2D eigenvalue weighted by molar-refractivity contribution is -0.132. The Morgan fingerprint density at radius 2 is 2.25 bits per heavy atom. The molecule has 1 fully saturated rings. The van der Waals surface area contributed by atoms with Gasteiger partial charge in [0, 0.05) is 30.4 Å². The van der Waals surface area contributed by atoms with Gasteiger partial charge in [0.05, 0.1) is 18.3 Å². The lowest BCUT2D eigenvalue weighted by Crippen LogP contribution is -2.47. The number of ether oxygens (including phenoxy) is 1. The van der Waals surface area contributed by atoms with Gasteiger partial charge < -0.3 is 15.0 Å². The van der Waals surface area contributed by atoms with Gasteiger partial charge in [-0.2, -0.15) is 0 Å². The molecule has 146 valence electrons. The van der Waals surface area contributed by atoms with Gasteiger partial charge in [0.15, 0.2) is 0 Å². The van der Waals surface area contributed by atoms with Gasteiger partial charge in [0.2, 0.25) is 5.91 Å². The van der Waals surface area contributed by atoms with Crippen molar-refractivity contribution in [2.45, 2.75) is 19.4 Å². The van der Waals surface area contributed by atoms with Crippen LogP contribution in [-0.4, -0.2) is 50.7 Å². The zero-order valence-corrected chi connectivity index (χ0v) is 17.1. The summed E-state index contributed by atoms with van der Waals surface area (Å²) in [6, 6.07) is 6.71. The highest BCUT2D eigenvalue weighted by Crippen LogP contribution is 2.35. The Kier molecular flexibility index (Phi) is 6.48. The zero-order chi connectivity index (χ0) is 20.1. The highest BCUT2D eigenvalue weighted by Gasteiger charge is 2.38. The van der Waals surface area contributed by atoms with Crippen LogP contribution >= 0.6 is 24.0 Å². The maximum atomic E-state index is 12.8.